The highest BCUT2D eigenvalue weighted by Gasteiger charge is 2.51. The average Bonchev–Trinajstić information content (AvgIpc) is 3.22. The lowest BCUT2D eigenvalue weighted by molar-refractivity contribution is -0.308. The van der Waals surface area contributed by atoms with Crippen LogP contribution >= 0.6 is 0 Å². The van der Waals surface area contributed by atoms with Crippen LogP contribution in [0.1, 0.15) is 72.6 Å². The highest BCUT2D eigenvalue weighted by Crippen LogP contribution is 2.38. The Morgan fingerprint density at radius 3 is 1.73 bits per heavy atom. The molecular formula is C47H73NO18. The minimum atomic E-state index is -2.40. The molecule has 0 spiro atoms. The molecule has 0 aromatic heterocycles. The van der Waals surface area contributed by atoms with E-state index in [1.807, 2.05) is 6.92 Å². The Kier molecular flexibility index (Phi) is 23.7. The lowest BCUT2D eigenvalue weighted by Gasteiger charge is -2.45. The molecule has 19 nitrogen and oxygen atoms in total. The smallest absolute Gasteiger partial charge is 0.311 e. The van der Waals surface area contributed by atoms with E-state index >= 15 is 0 Å². The van der Waals surface area contributed by atoms with Crippen molar-refractivity contribution < 1.29 is 89.8 Å². The zero-order valence-corrected chi connectivity index (χ0v) is 37.9. The SMILES string of the molecule is C[C@@H]1[C@H](O)[C@@H](C)\C=C/C=C\C=C/C=C\C=C/C=C\C=C\[C@H](O[C@@H]2O[C@H](C)[C@@H](O)[C@H](N)[C@@H]2O)C[C@@H]2O[C@](O)(C[C@@H](O)C[C@@H](O)[C@H](O)[C@H](O)C[C@@H](O)C[C@@H](O)CC(=O)O[C@H]1C)C[C@H](O)[C@H]2C(=O)O. The van der Waals surface area contributed by atoms with Gasteiger partial charge in [0.2, 0.25) is 0 Å². The minimum Gasteiger partial charge on any atom is -0.481 e. The maximum atomic E-state index is 12.6. The van der Waals surface area contributed by atoms with Gasteiger partial charge in [0.05, 0.1) is 79.6 Å². The zero-order chi connectivity index (χ0) is 49.3. The highest BCUT2D eigenvalue weighted by atomic mass is 16.7. The summed E-state index contributed by atoms with van der Waals surface area (Å²) >= 11 is 0. The van der Waals surface area contributed by atoms with Gasteiger partial charge in [0, 0.05) is 43.9 Å². The number of aliphatic hydroxyl groups is 11. The summed E-state index contributed by atoms with van der Waals surface area (Å²) in [5.41, 5.74) is 6.01. The minimum absolute atomic E-state index is 0.308. The van der Waals surface area contributed by atoms with Crippen molar-refractivity contribution in [3.8, 4) is 0 Å². The van der Waals surface area contributed by atoms with Crippen LogP contribution in [0.3, 0.4) is 0 Å². The first-order valence-corrected chi connectivity index (χ1v) is 22.4. The van der Waals surface area contributed by atoms with E-state index in [-0.39, 0.29) is 12.3 Å². The Balaban J connectivity index is 1.88. The number of carbonyl (C=O) groups excluding carboxylic acids is 1. The van der Waals surface area contributed by atoms with Crippen LogP contribution in [0.5, 0.6) is 0 Å². The number of rotatable bonds is 3. The van der Waals surface area contributed by atoms with Crippen LogP contribution in [0, 0.1) is 17.8 Å². The molecule has 3 aliphatic heterocycles. The summed E-state index contributed by atoms with van der Waals surface area (Å²) in [5, 5.41) is 129. The topological polar surface area (TPSA) is 340 Å². The van der Waals surface area contributed by atoms with Crippen molar-refractivity contribution >= 4 is 11.9 Å². The highest BCUT2D eigenvalue weighted by molar-refractivity contribution is 5.71. The molecule has 3 heterocycles. The molecule has 0 aromatic rings. The van der Waals surface area contributed by atoms with Crippen molar-refractivity contribution in [3.63, 3.8) is 0 Å². The molecular weight excluding hydrogens is 867 g/mol. The maximum Gasteiger partial charge on any atom is 0.311 e. The number of esters is 1. The Morgan fingerprint density at radius 2 is 1.17 bits per heavy atom. The number of allylic oxidation sites excluding steroid dienone is 12. The van der Waals surface area contributed by atoms with E-state index in [4.69, 9.17) is 24.7 Å². The molecule has 2 bridgehead atoms. The molecule has 20 atom stereocenters. The molecule has 3 aliphatic rings. The van der Waals surface area contributed by atoms with Crippen LogP contribution in [0.4, 0.5) is 0 Å². The van der Waals surface area contributed by atoms with E-state index in [0.717, 1.165) is 0 Å². The average molecular weight is 940 g/mol. The number of nitrogens with two attached hydrogens (primary N) is 1. The van der Waals surface area contributed by atoms with Crippen molar-refractivity contribution in [1.29, 1.82) is 0 Å². The number of fused-ring (bicyclic) bond motifs is 2. The van der Waals surface area contributed by atoms with Crippen LogP contribution in [0.2, 0.25) is 0 Å². The molecule has 19 heteroatoms. The normalized spacial score (nSPS) is 46.1. The van der Waals surface area contributed by atoms with Gasteiger partial charge in [0.15, 0.2) is 12.1 Å². The second kappa shape index (κ2) is 27.5. The fraction of sp³-hybridized carbons (Fsp3) is 0.660. The Hall–Kier alpha value is -3.48. The summed E-state index contributed by atoms with van der Waals surface area (Å²) in [5.74, 6) is -7.09. The third-order valence-corrected chi connectivity index (χ3v) is 12.1. The summed E-state index contributed by atoms with van der Waals surface area (Å²) < 4.78 is 23.1. The standard InChI is InChI=1S/C47H73NO18/c1-26-17-15-13-11-9-7-5-6-8-10-12-14-16-18-33(65-46-44(59)40(48)42(57)29(4)64-46)23-37-39(45(60)61)36(54)25-47(62,66-37)24-32(51)21-35(53)43(58)34(52)20-30(49)19-31(50)22-38(55)63-28(3)27(2)41(26)56/h5-18,26-37,39-44,46,49-54,56-59,62H,19-25,48H2,1-4H3,(H,60,61)/b6-5-,9-7-,10-8-,13-11-,14-12-,17-15-,18-16+/t26-,27-,28-,29+,30-,31+,32-,33-,34+,35+,36-,37-,39+,40-,41+,42+,43+,44-,46-,47+/m0/s1. The molecule has 0 unspecified atom stereocenters. The Labute approximate surface area is 385 Å². The number of aliphatic carboxylic acids is 1. The largest absolute Gasteiger partial charge is 0.481 e. The van der Waals surface area contributed by atoms with E-state index < -0.39 is 166 Å². The molecule has 66 heavy (non-hydrogen) atoms. The molecule has 0 aliphatic carbocycles. The van der Waals surface area contributed by atoms with Crippen LogP contribution < -0.4 is 5.73 Å². The van der Waals surface area contributed by atoms with Crippen LogP contribution in [0.25, 0.3) is 0 Å². The second-order valence-electron chi connectivity index (χ2n) is 17.7. The van der Waals surface area contributed by atoms with Gasteiger partial charge in [-0.1, -0.05) is 98.9 Å². The molecule has 14 N–H and O–H groups in total. The van der Waals surface area contributed by atoms with Crippen molar-refractivity contribution in [2.45, 2.75) is 176 Å². The summed E-state index contributed by atoms with van der Waals surface area (Å²) in [6.07, 6.45) is -0.958. The van der Waals surface area contributed by atoms with Crippen molar-refractivity contribution in [3.05, 3.63) is 85.1 Å². The molecule has 2 saturated heterocycles. The van der Waals surface area contributed by atoms with Crippen molar-refractivity contribution in [1.82, 2.24) is 0 Å². The zero-order valence-electron chi connectivity index (χ0n) is 37.9. The number of cyclic esters (lactones) is 1. The summed E-state index contributed by atoms with van der Waals surface area (Å²) in [6, 6.07) is -1.17. The summed E-state index contributed by atoms with van der Waals surface area (Å²) in [6.45, 7) is 6.65. The predicted molar refractivity (Wildman–Crippen MR) is 238 cm³/mol. The van der Waals surface area contributed by atoms with Crippen molar-refractivity contribution in [2.24, 2.45) is 23.5 Å². The predicted octanol–water partition coefficient (Wildman–Crippen LogP) is -0.317. The van der Waals surface area contributed by atoms with Crippen molar-refractivity contribution in [2.75, 3.05) is 0 Å². The molecule has 0 aromatic carbocycles. The summed E-state index contributed by atoms with van der Waals surface area (Å²) in [4.78, 5) is 25.1. The monoisotopic (exact) mass is 939 g/mol. The fourth-order valence-electron chi connectivity index (χ4n) is 8.05. The quantitative estimate of drug-likeness (QED) is 0.161. The number of carboxylic acid groups (broad SMARTS) is 1. The fourth-order valence-corrected chi connectivity index (χ4v) is 8.05. The third kappa shape index (κ3) is 18.2. The van der Waals surface area contributed by atoms with E-state index in [1.165, 1.54) is 13.0 Å². The first-order chi connectivity index (χ1) is 31.0. The van der Waals surface area contributed by atoms with Gasteiger partial charge in [-0.15, -0.1) is 0 Å². The number of hydrogen-bond acceptors (Lipinski definition) is 18. The van der Waals surface area contributed by atoms with Gasteiger partial charge in [0.25, 0.3) is 0 Å². The van der Waals surface area contributed by atoms with Gasteiger partial charge in [0.1, 0.15) is 24.2 Å². The lowest BCUT2D eigenvalue weighted by atomic mass is 9.82. The van der Waals surface area contributed by atoms with E-state index in [1.54, 1.807) is 92.8 Å². The Morgan fingerprint density at radius 1 is 0.636 bits per heavy atom. The van der Waals surface area contributed by atoms with Crippen LogP contribution in [-0.4, -0.2) is 177 Å². The first-order valence-electron chi connectivity index (χ1n) is 22.4. The second-order valence-corrected chi connectivity index (χ2v) is 17.7. The number of ether oxygens (including phenoxy) is 4. The van der Waals surface area contributed by atoms with Gasteiger partial charge in [-0.05, 0) is 20.3 Å². The number of aliphatic hydroxyl groups excluding tert-OH is 10. The number of carboxylic acids is 1. The van der Waals surface area contributed by atoms with E-state index in [0.29, 0.717) is 0 Å². The molecule has 0 radical (unpaired) electrons. The van der Waals surface area contributed by atoms with Gasteiger partial charge in [-0.25, -0.2) is 0 Å². The number of hydrogen-bond donors (Lipinski definition) is 13. The van der Waals surface area contributed by atoms with Crippen LogP contribution in [-0.2, 0) is 28.5 Å². The molecule has 0 saturated carbocycles. The van der Waals surface area contributed by atoms with Gasteiger partial charge in [-0.2, -0.15) is 0 Å². The first kappa shape index (κ1) is 56.8. The maximum absolute atomic E-state index is 12.6. The molecule has 0 amide bonds. The van der Waals surface area contributed by atoms with Gasteiger partial charge >= 0.3 is 11.9 Å². The third-order valence-electron chi connectivity index (χ3n) is 12.1. The van der Waals surface area contributed by atoms with Crippen LogP contribution in [0.15, 0.2) is 85.1 Å². The van der Waals surface area contributed by atoms with Gasteiger partial charge < -0.3 is 86.0 Å². The Bertz CT molecular complexity index is 1700. The molecule has 3 rings (SSSR count). The molecule has 374 valence electrons. The number of carbonyl (C=O) groups is 2. The lowest BCUT2D eigenvalue weighted by Crippen LogP contribution is -2.61. The summed E-state index contributed by atoms with van der Waals surface area (Å²) in [7, 11) is 0. The molecule has 2 fully saturated rings. The van der Waals surface area contributed by atoms with Gasteiger partial charge in [-0.3, -0.25) is 9.59 Å². The van der Waals surface area contributed by atoms with E-state index in [9.17, 15) is 70.9 Å². The van der Waals surface area contributed by atoms with E-state index in [2.05, 4.69) is 0 Å².